The van der Waals surface area contributed by atoms with Crippen molar-refractivity contribution in [3.05, 3.63) is 40.3 Å². The van der Waals surface area contributed by atoms with E-state index >= 15 is 0 Å². The molecule has 3 rings (SSSR count). The van der Waals surface area contributed by atoms with Gasteiger partial charge in [-0.2, -0.15) is 0 Å². The van der Waals surface area contributed by atoms with Crippen LogP contribution in [0.3, 0.4) is 0 Å². The summed E-state index contributed by atoms with van der Waals surface area (Å²) in [7, 11) is -2.37. The number of nitrogens with one attached hydrogen (secondary N) is 1. The van der Waals surface area contributed by atoms with Crippen LogP contribution in [0, 0.1) is 0 Å². The number of fused-ring (bicyclic) bond motifs is 1. The smallest absolute Gasteiger partial charge is 0.341 e. The van der Waals surface area contributed by atoms with Gasteiger partial charge in [0.05, 0.1) is 24.2 Å². The number of carbonyl (C=O) groups excluding carboxylic acids is 2. The Labute approximate surface area is 192 Å². The minimum atomic E-state index is -3.86. The molecule has 1 amide bonds. The molecule has 0 spiro atoms. The average Bonchev–Trinajstić information content (AvgIpc) is 3.10. The van der Waals surface area contributed by atoms with Crippen LogP contribution in [0.1, 0.15) is 41.6 Å². The Morgan fingerprint density at radius 1 is 1.22 bits per heavy atom. The number of methoxy groups -OCH3 is 1. The van der Waals surface area contributed by atoms with Crippen LogP contribution in [0.5, 0.6) is 5.75 Å². The van der Waals surface area contributed by atoms with Crippen LogP contribution in [0.4, 0.5) is 5.00 Å². The van der Waals surface area contributed by atoms with Crippen molar-refractivity contribution in [3.8, 4) is 5.75 Å². The maximum absolute atomic E-state index is 12.7. The summed E-state index contributed by atoms with van der Waals surface area (Å²) in [6.07, 6.45) is 0.665. The van der Waals surface area contributed by atoms with Gasteiger partial charge in [-0.15, -0.1) is 11.3 Å². The zero-order valence-electron chi connectivity index (χ0n) is 18.6. The van der Waals surface area contributed by atoms with E-state index in [1.165, 1.54) is 42.7 Å². The molecule has 1 aromatic heterocycles. The van der Waals surface area contributed by atoms with E-state index in [2.05, 4.69) is 24.1 Å². The highest BCUT2D eigenvalue weighted by Gasteiger charge is 2.31. The molecule has 0 saturated carbocycles. The molecule has 0 unspecified atom stereocenters. The fourth-order valence-corrected chi connectivity index (χ4v) is 5.99. The van der Waals surface area contributed by atoms with Gasteiger partial charge in [0.2, 0.25) is 5.91 Å². The summed E-state index contributed by atoms with van der Waals surface area (Å²) >= 11 is 1.31. The number of amides is 1. The van der Waals surface area contributed by atoms with E-state index in [1.807, 2.05) is 0 Å². The molecule has 8 nitrogen and oxygen atoms in total. The summed E-state index contributed by atoms with van der Waals surface area (Å²) in [4.78, 5) is 28.6. The number of nitrogens with zero attached hydrogens (tertiary/aromatic N) is 1. The molecule has 0 fully saturated rings. The third-order valence-electron chi connectivity index (χ3n) is 5.29. The molecule has 2 heterocycles. The van der Waals surface area contributed by atoms with Crippen LogP contribution in [-0.2, 0) is 32.3 Å². The van der Waals surface area contributed by atoms with E-state index in [9.17, 15) is 18.0 Å². The van der Waals surface area contributed by atoms with Crippen molar-refractivity contribution in [2.75, 3.05) is 31.3 Å². The van der Waals surface area contributed by atoms with Crippen molar-refractivity contribution in [3.63, 3.8) is 0 Å². The minimum Gasteiger partial charge on any atom is -0.497 e. The standard InChI is InChI=1S/C22H28N2O6S2/c1-5-30-22(26)20-17-10-11-24(14(2)3)12-18(17)31-21(20)23-19(25)13-32(27,28)16-8-6-15(29-4)7-9-16/h6-9,14H,5,10-13H2,1-4H3,(H,23,25). The molecule has 32 heavy (non-hydrogen) atoms. The number of rotatable bonds is 8. The molecule has 1 aromatic carbocycles. The lowest BCUT2D eigenvalue weighted by molar-refractivity contribution is -0.113. The van der Waals surface area contributed by atoms with E-state index in [4.69, 9.17) is 9.47 Å². The SMILES string of the molecule is CCOC(=O)c1c(NC(=O)CS(=O)(=O)c2ccc(OC)cc2)sc2c1CCN(C(C)C)C2. The Balaban J connectivity index is 1.83. The molecule has 1 N–H and O–H groups in total. The summed E-state index contributed by atoms with van der Waals surface area (Å²) < 4.78 is 35.6. The number of benzene rings is 1. The Kier molecular flexibility index (Phi) is 7.58. The molecule has 174 valence electrons. The number of hydrogen-bond donors (Lipinski definition) is 1. The molecule has 0 radical (unpaired) electrons. The zero-order valence-corrected chi connectivity index (χ0v) is 20.3. The number of esters is 1. The van der Waals surface area contributed by atoms with Crippen molar-refractivity contribution < 1.29 is 27.5 Å². The van der Waals surface area contributed by atoms with Crippen LogP contribution < -0.4 is 10.1 Å². The molecule has 0 bridgehead atoms. The molecule has 0 saturated heterocycles. The van der Waals surface area contributed by atoms with Crippen LogP contribution >= 0.6 is 11.3 Å². The van der Waals surface area contributed by atoms with Gasteiger partial charge in [-0.05, 0) is 57.0 Å². The Morgan fingerprint density at radius 3 is 2.50 bits per heavy atom. The maximum atomic E-state index is 12.7. The summed E-state index contributed by atoms with van der Waals surface area (Å²) in [5.74, 6) is -1.42. The van der Waals surface area contributed by atoms with Gasteiger partial charge in [0.1, 0.15) is 16.5 Å². The van der Waals surface area contributed by atoms with E-state index in [0.29, 0.717) is 35.3 Å². The van der Waals surface area contributed by atoms with Gasteiger partial charge in [-0.3, -0.25) is 9.69 Å². The second kappa shape index (κ2) is 10.0. The molecule has 1 aliphatic rings. The highest BCUT2D eigenvalue weighted by Crippen LogP contribution is 2.38. The van der Waals surface area contributed by atoms with Crippen molar-refractivity contribution in [1.29, 1.82) is 0 Å². The summed E-state index contributed by atoms with van der Waals surface area (Å²) in [5, 5.41) is 3.00. The summed E-state index contributed by atoms with van der Waals surface area (Å²) in [6, 6.07) is 6.20. The predicted molar refractivity (Wildman–Crippen MR) is 123 cm³/mol. The molecular weight excluding hydrogens is 452 g/mol. The number of carbonyl (C=O) groups is 2. The normalized spacial score (nSPS) is 14.2. The maximum Gasteiger partial charge on any atom is 0.341 e. The first-order valence-electron chi connectivity index (χ1n) is 10.4. The van der Waals surface area contributed by atoms with Crippen LogP contribution in [0.25, 0.3) is 0 Å². The lowest BCUT2D eigenvalue weighted by Crippen LogP contribution is -2.35. The van der Waals surface area contributed by atoms with Gasteiger partial charge in [-0.1, -0.05) is 0 Å². The second-order valence-electron chi connectivity index (χ2n) is 7.73. The summed E-state index contributed by atoms with van der Waals surface area (Å²) in [5.41, 5.74) is 1.21. The monoisotopic (exact) mass is 480 g/mol. The van der Waals surface area contributed by atoms with Crippen LogP contribution in [-0.4, -0.2) is 57.3 Å². The number of thiophene rings is 1. The van der Waals surface area contributed by atoms with Crippen LogP contribution in [0.2, 0.25) is 0 Å². The number of ether oxygens (including phenoxy) is 2. The number of anilines is 1. The quantitative estimate of drug-likeness (QED) is 0.579. The first-order valence-corrected chi connectivity index (χ1v) is 12.9. The lowest BCUT2D eigenvalue weighted by Gasteiger charge is -2.30. The fourth-order valence-electron chi connectivity index (χ4n) is 3.57. The van der Waals surface area contributed by atoms with Crippen molar-refractivity contribution in [1.82, 2.24) is 4.90 Å². The van der Waals surface area contributed by atoms with Crippen LogP contribution in [0.15, 0.2) is 29.2 Å². The number of sulfone groups is 1. The second-order valence-corrected chi connectivity index (χ2v) is 10.8. The molecule has 0 aliphatic carbocycles. The lowest BCUT2D eigenvalue weighted by atomic mass is 10.0. The van der Waals surface area contributed by atoms with Gasteiger partial charge < -0.3 is 14.8 Å². The largest absolute Gasteiger partial charge is 0.497 e. The highest BCUT2D eigenvalue weighted by atomic mass is 32.2. The third-order valence-corrected chi connectivity index (χ3v) is 8.05. The average molecular weight is 481 g/mol. The first-order chi connectivity index (χ1) is 15.2. The van der Waals surface area contributed by atoms with Gasteiger partial charge in [0, 0.05) is 24.0 Å². The van der Waals surface area contributed by atoms with E-state index in [0.717, 1.165) is 17.0 Å². The Hall–Kier alpha value is -2.43. The summed E-state index contributed by atoms with van der Waals surface area (Å²) in [6.45, 7) is 7.62. The van der Waals surface area contributed by atoms with E-state index < -0.39 is 27.5 Å². The predicted octanol–water partition coefficient (Wildman–Crippen LogP) is 3.11. The van der Waals surface area contributed by atoms with Gasteiger partial charge in [-0.25, -0.2) is 13.2 Å². The fraction of sp³-hybridized carbons (Fsp3) is 0.455. The Morgan fingerprint density at radius 2 is 1.91 bits per heavy atom. The Bertz CT molecular complexity index is 1090. The first kappa shape index (κ1) is 24.2. The molecular formula is C22H28N2O6S2. The zero-order chi connectivity index (χ0) is 23.5. The van der Waals surface area contributed by atoms with Crippen molar-refractivity contribution in [2.24, 2.45) is 0 Å². The van der Waals surface area contributed by atoms with E-state index in [-0.39, 0.29) is 11.5 Å². The molecule has 1 aliphatic heterocycles. The van der Waals surface area contributed by atoms with E-state index in [1.54, 1.807) is 6.92 Å². The van der Waals surface area contributed by atoms with Crippen molar-refractivity contribution in [2.45, 2.75) is 44.7 Å². The van der Waals surface area contributed by atoms with Gasteiger partial charge in [0.15, 0.2) is 9.84 Å². The highest BCUT2D eigenvalue weighted by molar-refractivity contribution is 7.92. The van der Waals surface area contributed by atoms with Crippen molar-refractivity contribution >= 4 is 38.1 Å². The minimum absolute atomic E-state index is 0.0251. The van der Waals surface area contributed by atoms with Gasteiger partial charge in [0.25, 0.3) is 0 Å². The van der Waals surface area contributed by atoms with Gasteiger partial charge >= 0.3 is 5.97 Å². The third kappa shape index (κ3) is 5.31. The molecule has 2 aromatic rings. The topological polar surface area (TPSA) is 102 Å². The number of hydrogen-bond acceptors (Lipinski definition) is 8. The molecule has 0 atom stereocenters. The molecule has 10 heteroatoms.